The third-order valence-electron chi connectivity index (χ3n) is 3.24. The normalized spacial score (nSPS) is 12.2. The van der Waals surface area contributed by atoms with E-state index in [4.69, 9.17) is 5.73 Å². The summed E-state index contributed by atoms with van der Waals surface area (Å²) in [6.07, 6.45) is 1.80. The number of halogens is 1. The second-order valence-corrected chi connectivity index (χ2v) is 4.55. The van der Waals surface area contributed by atoms with E-state index in [1.807, 2.05) is 37.1 Å². The molecular formula is C15H18FN3. The number of hydrogen-bond donors (Lipinski definition) is 1. The minimum absolute atomic E-state index is 0.0926. The predicted octanol–water partition coefficient (Wildman–Crippen LogP) is 2.67. The van der Waals surface area contributed by atoms with Gasteiger partial charge in [0.15, 0.2) is 0 Å². The van der Waals surface area contributed by atoms with E-state index in [2.05, 4.69) is 4.98 Å². The van der Waals surface area contributed by atoms with Gasteiger partial charge in [0.1, 0.15) is 5.82 Å². The topological polar surface area (TPSA) is 42.1 Å². The fourth-order valence-corrected chi connectivity index (χ4v) is 2.10. The van der Waals surface area contributed by atoms with Crippen molar-refractivity contribution in [1.82, 2.24) is 4.98 Å². The molecule has 0 spiro atoms. The molecule has 1 aromatic heterocycles. The van der Waals surface area contributed by atoms with Crippen molar-refractivity contribution in [2.24, 2.45) is 5.73 Å². The molecular weight excluding hydrogens is 241 g/mol. The zero-order valence-electron chi connectivity index (χ0n) is 11.2. The zero-order chi connectivity index (χ0) is 13.8. The van der Waals surface area contributed by atoms with Crippen LogP contribution in [0.15, 0.2) is 42.6 Å². The molecule has 100 valence electrons. The van der Waals surface area contributed by atoms with E-state index >= 15 is 0 Å². The summed E-state index contributed by atoms with van der Waals surface area (Å²) < 4.78 is 13.8. The van der Waals surface area contributed by atoms with Gasteiger partial charge in [-0.2, -0.15) is 0 Å². The maximum absolute atomic E-state index is 13.8. The molecule has 0 saturated carbocycles. The summed E-state index contributed by atoms with van der Waals surface area (Å²) in [4.78, 5) is 6.12. The molecule has 1 aromatic carbocycles. The molecule has 4 heteroatoms. The molecule has 0 fully saturated rings. The number of likely N-dealkylation sites (N-methyl/N-ethyl adjacent to an activating group) is 1. The molecule has 3 nitrogen and oxygen atoms in total. The van der Waals surface area contributed by atoms with Crippen LogP contribution in [0.25, 0.3) is 0 Å². The zero-order valence-corrected chi connectivity index (χ0v) is 11.2. The lowest BCUT2D eigenvalue weighted by atomic mass is 10.1. The van der Waals surface area contributed by atoms with Gasteiger partial charge in [-0.3, -0.25) is 4.98 Å². The van der Waals surface area contributed by atoms with E-state index in [-0.39, 0.29) is 11.9 Å². The first-order chi connectivity index (χ1) is 9.13. The number of anilines is 1. The van der Waals surface area contributed by atoms with Crippen molar-refractivity contribution in [1.29, 1.82) is 0 Å². The first-order valence-electron chi connectivity index (χ1n) is 6.23. The lowest BCUT2D eigenvalue weighted by Gasteiger charge is -2.29. The SMILES string of the molecule is Cc1ccc(C(CN)N(C)c2ccccc2F)cn1. The fraction of sp³-hybridized carbons (Fsp3) is 0.267. The van der Waals surface area contributed by atoms with Crippen molar-refractivity contribution < 1.29 is 4.39 Å². The Hall–Kier alpha value is -1.94. The number of aryl methyl sites for hydroxylation is 1. The van der Waals surface area contributed by atoms with E-state index in [0.717, 1.165) is 11.3 Å². The van der Waals surface area contributed by atoms with Crippen molar-refractivity contribution in [2.45, 2.75) is 13.0 Å². The van der Waals surface area contributed by atoms with Crippen LogP contribution >= 0.6 is 0 Å². The number of hydrogen-bond acceptors (Lipinski definition) is 3. The first-order valence-corrected chi connectivity index (χ1v) is 6.23. The Morgan fingerprint density at radius 3 is 2.58 bits per heavy atom. The van der Waals surface area contributed by atoms with Crippen LogP contribution in [0.5, 0.6) is 0 Å². The third kappa shape index (κ3) is 2.90. The number of pyridine rings is 1. The van der Waals surface area contributed by atoms with Crippen molar-refractivity contribution in [3.8, 4) is 0 Å². The average Bonchev–Trinajstić information content (AvgIpc) is 2.42. The Balaban J connectivity index is 2.32. The summed E-state index contributed by atoms with van der Waals surface area (Å²) in [5.41, 5.74) is 8.32. The summed E-state index contributed by atoms with van der Waals surface area (Å²) in [6.45, 7) is 2.33. The molecule has 2 N–H and O–H groups in total. The summed E-state index contributed by atoms with van der Waals surface area (Å²) in [6, 6.07) is 10.5. The van der Waals surface area contributed by atoms with Gasteiger partial charge in [0, 0.05) is 25.5 Å². The quantitative estimate of drug-likeness (QED) is 0.918. The third-order valence-corrected chi connectivity index (χ3v) is 3.24. The minimum atomic E-state index is -0.247. The Labute approximate surface area is 112 Å². The van der Waals surface area contributed by atoms with Crippen LogP contribution in [0, 0.1) is 12.7 Å². The van der Waals surface area contributed by atoms with Gasteiger partial charge in [-0.05, 0) is 30.7 Å². The van der Waals surface area contributed by atoms with E-state index in [0.29, 0.717) is 12.2 Å². The number of nitrogens with zero attached hydrogens (tertiary/aromatic N) is 2. The van der Waals surface area contributed by atoms with E-state index in [9.17, 15) is 4.39 Å². The second kappa shape index (κ2) is 5.80. The molecule has 1 atom stereocenters. The minimum Gasteiger partial charge on any atom is -0.364 e. The molecule has 0 aliphatic heterocycles. The summed E-state index contributed by atoms with van der Waals surface area (Å²) >= 11 is 0. The van der Waals surface area contributed by atoms with Gasteiger partial charge in [-0.15, -0.1) is 0 Å². The smallest absolute Gasteiger partial charge is 0.146 e. The molecule has 0 bridgehead atoms. The van der Waals surface area contributed by atoms with Gasteiger partial charge in [0.05, 0.1) is 11.7 Å². The Bertz CT molecular complexity index is 539. The number of aromatic nitrogens is 1. The van der Waals surface area contributed by atoms with Crippen LogP contribution in [-0.4, -0.2) is 18.6 Å². The molecule has 1 unspecified atom stereocenters. The van der Waals surface area contributed by atoms with Gasteiger partial charge in [0.25, 0.3) is 0 Å². The summed E-state index contributed by atoms with van der Waals surface area (Å²) in [5.74, 6) is -0.247. The van der Waals surface area contributed by atoms with Gasteiger partial charge in [-0.25, -0.2) is 4.39 Å². The standard InChI is InChI=1S/C15H18FN3/c1-11-7-8-12(10-18-11)15(9-17)19(2)14-6-4-3-5-13(14)16/h3-8,10,15H,9,17H2,1-2H3. The predicted molar refractivity (Wildman–Crippen MR) is 75.6 cm³/mol. The molecule has 19 heavy (non-hydrogen) atoms. The highest BCUT2D eigenvalue weighted by Crippen LogP contribution is 2.26. The molecule has 0 aliphatic rings. The maximum atomic E-state index is 13.8. The van der Waals surface area contributed by atoms with Gasteiger partial charge in [0.2, 0.25) is 0 Å². The van der Waals surface area contributed by atoms with Crippen molar-refractivity contribution in [3.05, 3.63) is 59.7 Å². The fourth-order valence-electron chi connectivity index (χ4n) is 2.10. The first kappa shape index (κ1) is 13.5. The van der Waals surface area contributed by atoms with Gasteiger partial charge < -0.3 is 10.6 Å². The van der Waals surface area contributed by atoms with E-state index in [1.165, 1.54) is 6.07 Å². The number of benzene rings is 1. The molecule has 1 heterocycles. The Kier molecular flexibility index (Phi) is 4.12. The highest BCUT2D eigenvalue weighted by molar-refractivity contribution is 5.49. The molecule has 2 rings (SSSR count). The molecule has 0 amide bonds. The van der Waals surface area contributed by atoms with E-state index in [1.54, 1.807) is 18.3 Å². The lowest BCUT2D eigenvalue weighted by molar-refractivity contribution is 0.602. The van der Waals surface area contributed by atoms with Crippen molar-refractivity contribution in [2.75, 3.05) is 18.5 Å². The van der Waals surface area contributed by atoms with Crippen molar-refractivity contribution >= 4 is 5.69 Å². The largest absolute Gasteiger partial charge is 0.364 e. The molecule has 0 aliphatic carbocycles. The maximum Gasteiger partial charge on any atom is 0.146 e. The molecule has 2 aromatic rings. The highest BCUT2D eigenvalue weighted by Gasteiger charge is 2.18. The van der Waals surface area contributed by atoms with Crippen LogP contribution in [0.3, 0.4) is 0 Å². The molecule has 0 saturated heterocycles. The number of nitrogens with two attached hydrogens (primary N) is 1. The average molecular weight is 259 g/mol. The summed E-state index contributed by atoms with van der Waals surface area (Å²) in [7, 11) is 1.84. The van der Waals surface area contributed by atoms with Gasteiger partial charge in [-0.1, -0.05) is 18.2 Å². The Morgan fingerprint density at radius 2 is 2.00 bits per heavy atom. The van der Waals surface area contributed by atoms with Crippen LogP contribution < -0.4 is 10.6 Å². The molecule has 0 radical (unpaired) electrons. The second-order valence-electron chi connectivity index (χ2n) is 4.55. The van der Waals surface area contributed by atoms with Crippen LogP contribution in [-0.2, 0) is 0 Å². The van der Waals surface area contributed by atoms with E-state index < -0.39 is 0 Å². The number of para-hydroxylation sites is 1. The number of rotatable bonds is 4. The van der Waals surface area contributed by atoms with Crippen LogP contribution in [0.4, 0.5) is 10.1 Å². The van der Waals surface area contributed by atoms with Gasteiger partial charge >= 0.3 is 0 Å². The highest BCUT2D eigenvalue weighted by atomic mass is 19.1. The lowest BCUT2D eigenvalue weighted by Crippen LogP contribution is -2.31. The summed E-state index contributed by atoms with van der Waals surface area (Å²) in [5, 5.41) is 0. The van der Waals surface area contributed by atoms with Crippen LogP contribution in [0.2, 0.25) is 0 Å². The van der Waals surface area contributed by atoms with Crippen molar-refractivity contribution in [3.63, 3.8) is 0 Å². The Morgan fingerprint density at radius 1 is 1.26 bits per heavy atom. The monoisotopic (exact) mass is 259 g/mol. The van der Waals surface area contributed by atoms with Crippen LogP contribution in [0.1, 0.15) is 17.3 Å².